The van der Waals surface area contributed by atoms with Crippen LogP contribution >= 0.6 is 0 Å². The van der Waals surface area contributed by atoms with E-state index in [-0.39, 0.29) is 5.75 Å². The Labute approximate surface area is 227 Å². The maximum atomic E-state index is 11.2. The molecule has 202 valence electrons. The molecule has 11 heteroatoms. The summed E-state index contributed by atoms with van der Waals surface area (Å²) in [5.74, 6) is 1.32. The van der Waals surface area contributed by atoms with Gasteiger partial charge in [-0.3, -0.25) is 4.68 Å². The Morgan fingerprint density at radius 2 is 1.82 bits per heavy atom. The molecule has 0 spiro atoms. The van der Waals surface area contributed by atoms with Crippen molar-refractivity contribution in [2.75, 3.05) is 37.0 Å². The minimum absolute atomic E-state index is 0.148. The first-order valence-corrected chi connectivity index (χ1v) is 14.9. The Kier molecular flexibility index (Phi) is 8.28. The zero-order valence-corrected chi connectivity index (χ0v) is 22.6. The summed E-state index contributed by atoms with van der Waals surface area (Å²) in [6.07, 6.45) is 8.00. The predicted molar refractivity (Wildman–Crippen MR) is 153 cm³/mol. The second-order valence-corrected chi connectivity index (χ2v) is 11.6. The molecule has 0 aliphatic carbocycles. The number of sulfone groups is 1. The Morgan fingerprint density at radius 1 is 0.949 bits per heavy atom. The van der Waals surface area contributed by atoms with E-state index in [2.05, 4.69) is 54.9 Å². The molecule has 5 aromatic rings. The molecule has 0 amide bonds. The molecule has 3 heterocycles. The smallest absolute Gasteiger partial charge is 0.214 e. The highest BCUT2D eigenvalue weighted by Gasteiger charge is 2.10. The molecule has 5 rings (SSSR count). The summed E-state index contributed by atoms with van der Waals surface area (Å²) in [7, 11) is -2.93. The molecule has 0 bridgehead atoms. The number of unbranched alkanes of at least 4 members (excludes halogenated alkanes) is 1. The first-order chi connectivity index (χ1) is 18.9. The van der Waals surface area contributed by atoms with E-state index >= 15 is 0 Å². The topological polar surface area (TPSA) is 124 Å². The van der Waals surface area contributed by atoms with E-state index in [0.29, 0.717) is 36.9 Å². The van der Waals surface area contributed by atoms with Gasteiger partial charge in [0.2, 0.25) is 5.88 Å². The van der Waals surface area contributed by atoms with Crippen LogP contribution in [0.2, 0.25) is 0 Å². The third-order valence-corrected chi connectivity index (χ3v) is 7.17. The van der Waals surface area contributed by atoms with Crippen LogP contribution in [0.25, 0.3) is 21.8 Å². The maximum absolute atomic E-state index is 11.2. The van der Waals surface area contributed by atoms with Gasteiger partial charge in [0.25, 0.3) is 0 Å². The summed E-state index contributed by atoms with van der Waals surface area (Å²) in [6.45, 7) is 2.42. The van der Waals surface area contributed by atoms with Crippen molar-refractivity contribution < 1.29 is 13.2 Å². The summed E-state index contributed by atoms with van der Waals surface area (Å²) in [4.78, 5) is 13.2. The van der Waals surface area contributed by atoms with E-state index in [9.17, 15) is 8.42 Å². The Bertz CT molecular complexity index is 1660. The van der Waals surface area contributed by atoms with Crippen LogP contribution in [0.5, 0.6) is 5.88 Å². The molecule has 0 unspecified atom stereocenters. The lowest BCUT2D eigenvalue weighted by Gasteiger charge is -2.11. The molecule has 0 fully saturated rings. The van der Waals surface area contributed by atoms with Gasteiger partial charge in [-0.1, -0.05) is 30.3 Å². The van der Waals surface area contributed by atoms with Crippen molar-refractivity contribution in [2.45, 2.75) is 19.4 Å². The molecule has 39 heavy (non-hydrogen) atoms. The van der Waals surface area contributed by atoms with Gasteiger partial charge in [-0.05, 0) is 43.1 Å². The molecular formula is C28H31N7O3S. The van der Waals surface area contributed by atoms with Gasteiger partial charge >= 0.3 is 0 Å². The van der Waals surface area contributed by atoms with Crippen LogP contribution in [0.15, 0.2) is 73.3 Å². The molecule has 10 nitrogen and oxygen atoms in total. The summed E-state index contributed by atoms with van der Waals surface area (Å²) in [6, 6.07) is 18.2. The van der Waals surface area contributed by atoms with Crippen LogP contribution in [0, 0.1) is 0 Å². The standard InChI is InChI=1S/C28H31N7O3S/c1-39(36,37)14-12-29-11-5-6-13-38-27-16-24-25(18-30-27)31-20-32-28(24)34-23-9-10-26-22(15-23)17-33-35(26)19-21-7-3-2-4-8-21/h2-4,7-10,15-18,20,29H,5-6,11-14,19H2,1H3,(H,31,32,34). The van der Waals surface area contributed by atoms with E-state index in [1.807, 2.05) is 41.2 Å². The van der Waals surface area contributed by atoms with E-state index in [4.69, 9.17) is 4.74 Å². The highest BCUT2D eigenvalue weighted by molar-refractivity contribution is 7.90. The molecule has 0 saturated heterocycles. The Balaban J connectivity index is 1.21. The minimum Gasteiger partial charge on any atom is -0.478 e. The van der Waals surface area contributed by atoms with Crippen LogP contribution in [-0.4, -0.2) is 64.9 Å². The molecule has 0 radical (unpaired) electrons. The number of ether oxygens (including phenoxy) is 1. The first kappa shape index (κ1) is 26.5. The average Bonchev–Trinajstić information content (AvgIpc) is 3.32. The summed E-state index contributed by atoms with van der Waals surface area (Å²) >= 11 is 0. The second-order valence-electron chi connectivity index (χ2n) is 9.38. The molecule has 0 atom stereocenters. The van der Waals surface area contributed by atoms with E-state index in [1.165, 1.54) is 18.1 Å². The fourth-order valence-electron chi connectivity index (χ4n) is 4.21. The molecule has 2 N–H and O–H groups in total. The van der Waals surface area contributed by atoms with Crippen LogP contribution < -0.4 is 15.4 Å². The first-order valence-electron chi connectivity index (χ1n) is 12.8. The average molecular weight is 546 g/mol. The molecule has 0 saturated carbocycles. The summed E-state index contributed by atoms with van der Waals surface area (Å²) in [5, 5.41) is 13.0. The third kappa shape index (κ3) is 7.27. The van der Waals surface area contributed by atoms with Gasteiger partial charge in [-0.15, -0.1) is 0 Å². The summed E-state index contributed by atoms with van der Waals surface area (Å²) < 4.78 is 30.2. The number of hydrogen-bond acceptors (Lipinski definition) is 9. The van der Waals surface area contributed by atoms with Gasteiger partial charge in [0.05, 0.1) is 42.3 Å². The lowest BCUT2D eigenvalue weighted by Crippen LogP contribution is -2.23. The molecular weight excluding hydrogens is 514 g/mol. The molecule has 2 aromatic carbocycles. The molecule has 0 aliphatic heterocycles. The third-order valence-electron chi connectivity index (χ3n) is 6.22. The number of fused-ring (bicyclic) bond motifs is 2. The zero-order valence-electron chi connectivity index (χ0n) is 21.7. The number of rotatable bonds is 13. The van der Waals surface area contributed by atoms with Crippen molar-refractivity contribution in [2.24, 2.45) is 0 Å². The Hall–Kier alpha value is -4.09. The number of aromatic nitrogens is 5. The number of benzene rings is 2. The minimum atomic E-state index is -2.93. The van der Waals surface area contributed by atoms with Gasteiger partial charge in [-0.2, -0.15) is 5.10 Å². The van der Waals surface area contributed by atoms with Crippen molar-refractivity contribution in [3.05, 3.63) is 78.9 Å². The number of nitrogens with zero attached hydrogens (tertiary/aromatic N) is 5. The highest BCUT2D eigenvalue weighted by atomic mass is 32.2. The van der Waals surface area contributed by atoms with Crippen molar-refractivity contribution in [3.63, 3.8) is 0 Å². The highest BCUT2D eigenvalue weighted by Crippen LogP contribution is 2.27. The lowest BCUT2D eigenvalue weighted by atomic mass is 10.2. The quantitative estimate of drug-likeness (QED) is 0.212. The predicted octanol–water partition coefficient (Wildman–Crippen LogP) is 3.96. The molecule has 3 aromatic heterocycles. The normalized spacial score (nSPS) is 11.7. The SMILES string of the molecule is CS(=O)(=O)CCNCCCCOc1cc2c(Nc3ccc4c(cnn4Cc4ccccc4)c3)ncnc2cn1. The van der Waals surface area contributed by atoms with E-state index in [0.717, 1.165) is 41.4 Å². The van der Waals surface area contributed by atoms with Gasteiger partial charge in [-0.25, -0.2) is 23.4 Å². The van der Waals surface area contributed by atoms with Crippen molar-refractivity contribution in [3.8, 4) is 5.88 Å². The van der Waals surface area contributed by atoms with Gasteiger partial charge in [0, 0.05) is 35.3 Å². The largest absolute Gasteiger partial charge is 0.478 e. The maximum Gasteiger partial charge on any atom is 0.214 e. The van der Waals surface area contributed by atoms with Gasteiger partial charge in [0.15, 0.2) is 0 Å². The number of hydrogen-bond donors (Lipinski definition) is 2. The van der Waals surface area contributed by atoms with Crippen LogP contribution in [0.4, 0.5) is 11.5 Å². The lowest BCUT2D eigenvalue weighted by molar-refractivity contribution is 0.295. The van der Waals surface area contributed by atoms with Crippen LogP contribution in [0.1, 0.15) is 18.4 Å². The van der Waals surface area contributed by atoms with Gasteiger partial charge < -0.3 is 15.4 Å². The van der Waals surface area contributed by atoms with Crippen molar-refractivity contribution in [1.29, 1.82) is 0 Å². The molecule has 0 aliphatic rings. The fraction of sp³-hybridized carbons (Fsp3) is 0.286. The number of anilines is 2. The van der Waals surface area contributed by atoms with Crippen LogP contribution in [-0.2, 0) is 16.4 Å². The van der Waals surface area contributed by atoms with Crippen LogP contribution in [0.3, 0.4) is 0 Å². The zero-order chi connectivity index (χ0) is 27.1. The summed E-state index contributed by atoms with van der Waals surface area (Å²) in [5.41, 5.74) is 3.86. The van der Waals surface area contributed by atoms with Crippen molar-refractivity contribution in [1.82, 2.24) is 30.0 Å². The second kappa shape index (κ2) is 12.2. The Morgan fingerprint density at radius 3 is 2.67 bits per heavy atom. The fourth-order valence-corrected chi connectivity index (χ4v) is 4.73. The monoisotopic (exact) mass is 545 g/mol. The number of nitrogens with one attached hydrogen (secondary N) is 2. The van der Waals surface area contributed by atoms with Gasteiger partial charge in [0.1, 0.15) is 22.0 Å². The van der Waals surface area contributed by atoms with E-state index in [1.54, 1.807) is 6.20 Å². The van der Waals surface area contributed by atoms with E-state index < -0.39 is 9.84 Å². The van der Waals surface area contributed by atoms with Crippen molar-refractivity contribution >= 4 is 43.1 Å². The number of pyridine rings is 1.